The Labute approximate surface area is 466 Å². The number of anilines is 3. The predicted octanol–water partition coefficient (Wildman–Crippen LogP) is 19.7. The molecule has 16 rings (SSSR count). The molecule has 0 amide bonds. The van der Waals surface area contributed by atoms with Crippen LogP contribution in [0, 0.1) is 0 Å². The number of benzene rings is 12. The molecule has 3 aromatic heterocycles. The second-order valence-corrected chi connectivity index (χ2v) is 20.5. The van der Waals surface area contributed by atoms with Crippen molar-refractivity contribution < 1.29 is 16.4 Å². The quantitative estimate of drug-likeness (QED) is 0.148. The maximum atomic E-state index is 9.89. The van der Waals surface area contributed by atoms with Crippen LogP contribution in [0.1, 0.15) is 38.7 Å². The molecular weight excluding hydrogens is 951 g/mol. The second kappa shape index (κ2) is 17.2. The fourth-order valence-corrected chi connectivity index (χ4v) is 13.6. The van der Waals surface area contributed by atoms with Crippen LogP contribution in [0.3, 0.4) is 0 Å². The summed E-state index contributed by atoms with van der Waals surface area (Å²) in [5.74, 6) is 0. The minimum Gasteiger partial charge on any atom is -0.310 e. The highest BCUT2D eigenvalue weighted by atomic mass is 32.1. The molecule has 1 aliphatic carbocycles. The van der Waals surface area contributed by atoms with Crippen LogP contribution in [0.2, 0.25) is 0 Å². The van der Waals surface area contributed by atoms with Gasteiger partial charge in [0.05, 0.1) is 49.6 Å². The van der Waals surface area contributed by atoms with E-state index in [-0.39, 0.29) is 27.8 Å². The Morgan fingerprint density at radius 3 is 1.64 bits per heavy atom. The molecule has 0 bridgehead atoms. The van der Waals surface area contributed by atoms with Crippen LogP contribution in [0.15, 0.2) is 285 Å². The van der Waals surface area contributed by atoms with Gasteiger partial charge in [-0.2, -0.15) is 0 Å². The summed E-state index contributed by atoms with van der Waals surface area (Å²) < 4.78 is 118. The molecule has 3 heterocycles. The van der Waals surface area contributed by atoms with Gasteiger partial charge in [-0.1, -0.05) is 206 Å². The summed E-state index contributed by atoms with van der Waals surface area (Å²) in [4.78, 5) is 2.22. The molecule has 0 fully saturated rings. The Balaban J connectivity index is 0.956. The Kier molecular flexibility index (Phi) is 7.40. The number of aromatic nitrogens is 2. The average Bonchev–Trinajstić information content (AvgIpc) is 1.53. The molecule has 0 unspecified atom stereocenters. The van der Waals surface area contributed by atoms with Gasteiger partial charge < -0.3 is 14.0 Å². The molecule has 0 N–H and O–H groups in total. The average molecular weight is 1010 g/mol. The Morgan fingerprint density at radius 1 is 0.377 bits per heavy atom. The third kappa shape index (κ3) is 6.43. The van der Waals surface area contributed by atoms with Crippen LogP contribution in [-0.4, -0.2) is 9.13 Å². The molecule has 0 spiro atoms. The summed E-state index contributed by atoms with van der Waals surface area (Å²) in [6.45, 7) is 0. The van der Waals surface area contributed by atoms with Crippen molar-refractivity contribution in [2.45, 2.75) is 5.41 Å². The minimum absolute atomic E-state index is 0.0277. The van der Waals surface area contributed by atoms with Gasteiger partial charge in [0.25, 0.3) is 0 Å². The van der Waals surface area contributed by atoms with Crippen LogP contribution in [0.4, 0.5) is 17.1 Å². The van der Waals surface area contributed by atoms with Crippen molar-refractivity contribution in [3.05, 3.63) is 307 Å². The molecular formula is C73H47N3S. The van der Waals surface area contributed by atoms with E-state index in [1.165, 1.54) is 32.3 Å². The van der Waals surface area contributed by atoms with Crippen molar-refractivity contribution in [1.29, 1.82) is 0 Å². The van der Waals surface area contributed by atoms with Gasteiger partial charge in [-0.15, -0.1) is 11.3 Å². The largest absolute Gasteiger partial charge is 0.310 e. The standard InChI is InChI=1S/C73H47N3S/c1-3-19-49(20-4-1)73(50-21-5-2-6-22-50)63-30-12-7-27-62(63)71-64(73)31-18-35-68(71)76-67-34-15-10-25-58(67)59-46-45-54(47-69(59)76)74(51-39-37-48(38-40-51)55-28-17-29-61-60-26-11-16-36-70(60)77-72(55)61)52-41-43-53(44-42-52)75-65-32-13-8-23-56(65)57-24-9-14-33-66(57)75/h1-47H/i1D,2D,3D,4D,5D,6D,7D,12D,19D,21D,27D,30D. The summed E-state index contributed by atoms with van der Waals surface area (Å²) in [5, 5.41) is 6.49. The van der Waals surface area contributed by atoms with E-state index >= 15 is 0 Å². The van der Waals surface area contributed by atoms with E-state index in [1.54, 1.807) is 23.5 Å². The normalized spacial score (nSPS) is 15.0. The minimum atomic E-state index is -2.16. The third-order valence-electron chi connectivity index (χ3n) is 15.6. The smallest absolute Gasteiger partial charge is 0.0714 e. The molecule has 15 aromatic rings. The molecule has 0 radical (unpaired) electrons. The molecule has 0 saturated heterocycles. The predicted molar refractivity (Wildman–Crippen MR) is 325 cm³/mol. The van der Waals surface area contributed by atoms with E-state index in [1.807, 2.05) is 30.3 Å². The number of fused-ring (bicyclic) bond motifs is 12. The fourth-order valence-electron chi connectivity index (χ4n) is 12.4. The van der Waals surface area contributed by atoms with Crippen molar-refractivity contribution >= 4 is 92.2 Å². The number of para-hydroxylation sites is 3. The van der Waals surface area contributed by atoms with Gasteiger partial charge in [-0.3, -0.25) is 0 Å². The summed E-state index contributed by atoms with van der Waals surface area (Å²) in [7, 11) is 0. The van der Waals surface area contributed by atoms with Gasteiger partial charge in [0.15, 0.2) is 0 Å². The molecule has 0 atom stereocenters. The highest BCUT2D eigenvalue weighted by Crippen LogP contribution is 2.58. The van der Waals surface area contributed by atoms with Crippen LogP contribution in [-0.2, 0) is 5.41 Å². The number of rotatable bonds is 8. The summed E-state index contributed by atoms with van der Waals surface area (Å²) >= 11 is 1.79. The lowest BCUT2D eigenvalue weighted by atomic mass is 9.68. The van der Waals surface area contributed by atoms with E-state index < -0.39 is 77.9 Å². The molecule has 77 heavy (non-hydrogen) atoms. The first-order valence-electron chi connectivity index (χ1n) is 31.5. The summed E-state index contributed by atoms with van der Waals surface area (Å²) in [5.41, 5.74) is 7.82. The van der Waals surface area contributed by atoms with Crippen molar-refractivity contribution in [3.8, 4) is 33.6 Å². The van der Waals surface area contributed by atoms with Crippen LogP contribution in [0.25, 0.3) is 97.4 Å². The van der Waals surface area contributed by atoms with E-state index in [9.17, 15) is 8.22 Å². The van der Waals surface area contributed by atoms with Crippen molar-refractivity contribution in [2.24, 2.45) is 0 Å². The lowest BCUT2D eigenvalue weighted by Gasteiger charge is -2.34. The highest BCUT2D eigenvalue weighted by molar-refractivity contribution is 7.26. The van der Waals surface area contributed by atoms with Crippen LogP contribution >= 0.6 is 11.3 Å². The number of nitrogens with zero attached hydrogens (tertiary/aromatic N) is 3. The Morgan fingerprint density at radius 2 is 0.935 bits per heavy atom. The first-order chi connectivity index (χ1) is 43.2. The van der Waals surface area contributed by atoms with E-state index in [4.69, 9.17) is 8.22 Å². The fraction of sp³-hybridized carbons (Fsp3) is 0.0137. The van der Waals surface area contributed by atoms with Gasteiger partial charge in [0.2, 0.25) is 0 Å². The zero-order valence-corrected chi connectivity index (χ0v) is 41.8. The van der Waals surface area contributed by atoms with Gasteiger partial charge in [-0.25, -0.2) is 0 Å². The van der Waals surface area contributed by atoms with Crippen LogP contribution in [0.5, 0.6) is 0 Å². The van der Waals surface area contributed by atoms with E-state index in [2.05, 4.69) is 172 Å². The molecule has 1 aliphatic rings. The lowest BCUT2D eigenvalue weighted by Crippen LogP contribution is -2.28. The second-order valence-electron chi connectivity index (χ2n) is 19.5. The molecule has 4 heteroatoms. The van der Waals surface area contributed by atoms with Gasteiger partial charge >= 0.3 is 0 Å². The molecule has 3 nitrogen and oxygen atoms in total. The first kappa shape index (κ1) is 33.2. The van der Waals surface area contributed by atoms with Crippen molar-refractivity contribution in [2.75, 3.05) is 4.90 Å². The third-order valence-corrected chi connectivity index (χ3v) is 16.8. The first-order valence-corrected chi connectivity index (χ1v) is 26.3. The zero-order valence-electron chi connectivity index (χ0n) is 53.0. The van der Waals surface area contributed by atoms with E-state index in [0.717, 1.165) is 77.5 Å². The van der Waals surface area contributed by atoms with E-state index in [0.29, 0.717) is 11.3 Å². The van der Waals surface area contributed by atoms with Crippen molar-refractivity contribution in [1.82, 2.24) is 9.13 Å². The maximum Gasteiger partial charge on any atom is 0.0714 e. The lowest BCUT2D eigenvalue weighted by molar-refractivity contribution is 0.768. The Hall–Kier alpha value is -9.74. The molecule has 0 saturated carbocycles. The monoisotopic (exact) mass is 1010 g/mol. The van der Waals surface area contributed by atoms with Crippen molar-refractivity contribution in [3.63, 3.8) is 0 Å². The summed E-state index contributed by atoms with van der Waals surface area (Å²) in [6.07, 6.45) is 0. The topological polar surface area (TPSA) is 13.1 Å². The highest BCUT2D eigenvalue weighted by Gasteiger charge is 2.47. The number of hydrogen-bond acceptors (Lipinski definition) is 2. The maximum absolute atomic E-state index is 9.89. The SMILES string of the molecule is [2H]c1cc(C2(c3cc([2H])c([2H])c([2H])c3[2H])c3cccc(-n4c5ccccc5c5ccc(N(c6ccc(-c7cccc8c7sc7ccccc78)cc6)c6ccc(-n7c8ccccc8c8ccccc87)cc6)cc54)c3-c3c([2H])c([2H])c([2H])c([2H])c32)c([2H])c([2H])c1[2H]. The summed E-state index contributed by atoms with van der Waals surface area (Å²) in [6, 6.07) is 64.6. The van der Waals surface area contributed by atoms with Gasteiger partial charge in [-0.05, 0) is 118 Å². The van der Waals surface area contributed by atoms with Gasteiger partial charge in [0.1, 0.15) is 0 Å². The van der Waals surface area contributed by atoms with Gasteiger partial charge in [0, 0.05) is 70.0 Å². The Bertz CT molecular complexity index is 5440. The van der Waals surface area contributed by atoms with Crippen LogP contribution < -0.4 is 4.90 Å². The zero-order chi connectivity index (χ0) is 61.0. The molecule has 12 aromatic carbocycles. The number of hydrogen-bond donors (Lipinski definition) is 0. The molecule has 0 aliphatic heterocycles. The number of thiophene rings is 1. The molecule has 360 valence electrons.